The van der Waals surface area contributed by atoms with E-state index in [1.165, 1.54) is 19.3 Å². The van der Waals surface area contributed by atoms with Crippen molar-refractivity contribution in [3.05, 3.63) is 0 Å². The summed E-state index contributed by atoms with van der Waals surface area (Å²) in [7, 11) is 0. The number of aliphatic hydroxyl groups excluding tert-OH is 1. The van der Waals surface area contributed by atoms with Crippen LogP contribution in [-0.2, 0) is 0 Å². The van der Waals surface area contributed by atoms with Gasteiger partial charge in [-0.3, -0.25) is 0 Å². The maximum atomic E-state index is 8.94. The lowest BCUT2D eigenvalue weighted by Crippen LogP contribution is -2.43. The molecular formula is C13H26N2OS. The first kappa shape index (κ1) is 14.9. The van der Waals surface area contributed by atoms with Gasteiger partial charge in [-0.15, -0.1) is 0 Å². The number of nitrogens with zero attached hydrogens (tertiary/aromatic N) is 1. The third-order valence-electron chi connectivity index (χ3n) is 3.89. The van der Waals surface area contributed by atoms with E-state index in [9.17, 15) is 0 Å². The summed E-state index contributed by atoms with van der Waals surface area (Å²) in [6, 6.07) is 0.726. The first-order valence-electron chi connectivity index (χ1n) is 6.62. The van der Waals surface area contributed by atoms with Crippen molar-refractivity contribution in [3.63, 3.8) is 0 Å². The summed E-state index contributed by atoms with van der Waals surface area (Å²) in [5.41, 5.74) is 5.69. The van der Waals surface area contributed by atoms with E-state index in [4.69, 9.17) is 23.1 Å². The molecule has 0 radical (unpaired) electrons. The molecule has 0 unspecified atom stereocenters. The molecule has 3 nitrogen and oxygen atoms in total. The molecule has 0 saturated heterocycles. The summed E-state index contributed by atoms with van der Waals surface area (Å²) in [5.74, 6) is 0. The second-order valence-electron chi connectivity index (χ2n) is 5.70. The van der Waals surface area contributed by atoms with Gasteiger partial charge in [-0.2, -0.15) is 0 Å². The Hall–Kier alpha value is -0.190. The molecule has 1 rings (SSSR count). The zero-order valence-corrected chi connectivity index (χ0v) is 11.9. The van der Waals surface area contributed by atoms with Gasteiger partial charge >= 0.3 is 0 Å². The fourth-order valence-corrected chi connectivity index (χ4v) is 2.15. The minimum Gasteiger partial charge on any atom is -0.396 e. The molecule has 0 bridgehead atoms. The van der Waals surface area contributed by atoms with Crippen molar-refractivity contribution in [1.29, 1.82) is 0 Å². The third-order valence-corrected chi connectivity index (χ3v) is 4.44. The smallest absolute Gasteiger partial charge is 0.0784 e. The minimum absolute atomic E-state index is 0.0590. The average Bonchev–Trinajstić information content (AvgIpc) is 2.19. The Balaban J connectivity index is 2.40. The van der Waals surface area contributed by atoms with E-state index in [0.29, 0.717) is 4.99 Å². The lowest BCUT2D eigenvalue weighted by molar-refractivity contribution is 0.108. The highest BCUT2D eigenvalue weighted by Crippen LogP contribution is 2.27. The second-order valence-corrected chi connectivity index (χ2v) is 6.14. The molecule has 0 aliphatic heterocycles. The highest BCUT2D eigenvalue weighted by molar-refractivity contribution is 7.80. The molecular weight excluding hydrogens is 232 g/mol. The summed E-state index contributed by atoms with van der Waals surface area (Å²) in [5, 5.41) is 8.94. The van der Waals surface area contributed by atoms with Gasteiger partial charge in [0.2, 0.25) is 0 Å². The lowest BCUT2D eigenvalue weighted by Gasteiger charge is -2.39. The molecule has 1 aliphatic carbocycles. The zero-order valence-electron chi connectivity index (χ0n) is 11.1. The summed E-state index contributed by atoms with van der Waals surface area (Å²) >= 11 is 5.10. The Labute approximate surface area is 110 Å². The van der Waals surface area contributed by atoms with Crippen LogP contribution in [0.1, 0.15) is 46.0 Å². The van der Waals surface area contributed by atoms with E-state index in [-0.39, 0.29) is 12.0 Å². The van der Waals surface area contributed by atoms with Crippen molar-refractivity contribution < 1.29 is 5.11 Å². The van der Waals surface area contributed by atoms with E-state index in [0.717, 1.165) is 32.0 Å². The van der Waals surface area contributed by atoms with Crippen LogP contribution in [0.3, 0.4) is 0 Å². The minimum atomic E-state index is -0.0590. The quantitative estimate of drug-likeness (QED) is 0.653. The molecule has 1 aliphatic rings. The summed E-state index contributed by atoms with van der Waals surface area (Å²) in [6.45, 7) is 6.53. The number of hydrogen-bond donors (Lipinski definition) is 2. The van der Waals surface area contributed by atoms with Gasteiger partial charge < -0.3 is 15.7 Å². The molecule has 17 heavy (non-hydrogen) atoms. The zero-order chi connectivity index (χ0) is 12.9. The van der Waals surface area contributed by atoms with Crippen molar-refractivity contribution in [2.45, 2.75) is 52.0 Å². The maximum Gasteiger partial charge on any atom is 0.0784 e. The van der Waals surface area contributed by atoms with Gasteiger partial charge in [0.15, 0.2) is 0 Å². The van der Waals surface area contributed by atoms with Gasteiger partial charge in [0.1, 0.15) is 0 Å². The normalized spacial score (nSPS) is 17.2. The van der Waals surface area contributed by atoms with Crippen LogP contribution in [0.2, 0.25) is 0 Å². The number of nitrogens with two attached hydrogens (primary N) is 1. The Kier molecular flexibility index (Phi) is 5.83. The lowest BCUT2D eigenvalue weighted by atomic mass is 9.87. The third kappa shape index (κ3) is 4.53. The van der Waals surface area contributed by atoms with Gasteiger partial charge in [-0.25, -0.2) is 0 Å². The van der Waals surface area contributed by atoms with Crippen LogP contribution < -0.4 is 5.73 Å². The van der Waals surface area contributed by atoms with Gasteiger partial charge in [0, 0.05) is 24.6 Å². The van der Waals surface area contributed by atoms with Gasteiger partial charge in [0.05, 0.1) is 4.99 Å². The molecule has 0 amide bonds. The van der Waals surface area contributed by atoms with Crippen molar-refractivity contribution in [3.8, 4) is 0 Å². The Morgan fingerprint density at radius 3 is 2.47 bits per heavy atom. The molecule has 0 atom stereocenters. The number of rotatable bonds is 8. The Morgan fingerprint density at radius 2 is 2.06 bits per heavy atom. The molecule has 4 heteroatoms. The predicted octanol–water partition coefficient (Wildman–Crippen LogP) is 1.93. The van der Waals surface area contributed by atoms with Gasteiger partial charge in [-0.1, -0.05) is 32.5 Å². The van der Waals surface area contributed by atoms with Crippen molar-refractivity contribution in [1.82, 2.24) is 4.90 Å². The fraction of sp³-hybridized carbons (Fsp3) is 0.923. The maximum absolute atomic E-state index is 8.94. The van der Waals surface area contributed by atoms with Crippen LogP contribution in [0.15, 0.2) is 0 Å². The average molecular weight is 258 g/mol. The van der Waals surface area contributed by atoms with Crippen molar-refractivity contribution in [2.24, 2.45) is 11.1 Å². The van der Waals surface area contributed by atoms with Crippen molar-refractivity contribution in [2.75, 3.05) is 19.7 Å². The molecule has 0 aromatic carbocycles. The standard InChI is InChI=1S/C13H26N2OS/c1-13(2,12(14)17)7-9-15(8-4-10-16)11-5-3-6-11/h11,16H,3-10H2,1-2H3,(H2,14,17). The number of aliphatic hydroxyl groups is 1. The SMILES string of the molecule is CC(C)(CCN(CCCO)C1CCC1)C(N)=S. The van der Waals surface area contributed by atoms with Crippen LogP contribution in [0.25, 0.3) is 0 Å². The van der Waals surface area contributed by atoms with E-state index in [1.807, 2.05) is 0 Å². The summed E-state index contributed by atoms with van der Waals surface area (Å²) in [4.78, 5) is 3.10. The van der Waals surface area contributed by atoms with E-state index < -0.39 is 0 Å². The topological polar surface area (TPSA) is 49.5 Å². The van der Waals surface area contributed by atoms with E-state index in [2.05, 4.69) is 18.7 Å². The molecule has 0 aromatic rings. The molecule has 100 valence electrons. The van der Waals surface area contributed by atoms with Gasteiger partial charge in [0.25, 0.3) is 0 Å². The molecule has 1 saturated carbocycles. The molecule has 0 spiro atoms. The Bertz CT molecular complexity index is 252. The van der Waals surface area contributed by atoms with Crippen LogP contribution >= 0.6 is 12.2 Å². The second kappa shape index (κ2) is 6.66. The predicted molar refractivity (Wildman–Crippen MR) is 76.1 cm³/mol. The molecule has 3 N–H and O–H groups in total. The Morgan fingerprint density at radius 1 is 1.41 bits per heavy atom. The number of thiocarbonyl (C=S) groups is 1. The van der Waals surface area contributed by atoms with Crippen LogP contribution in [0.4, 0.5) is 0 Å². The first-order chi connectivity index (χ1) is 7.97. The highest BCUT2D eigenvalue weighted by Gasteiger charge is 2.27. The van der Waals surface area contributed by atoms with Crippen LogP contribution in [0, 0.1) is 5.41 Å². The van der Waals surface area contributed by atoms with Gasteiger partial charge in [-0.05, 0) is 32.2 Å². The summed E-state index contributed by atoms with van der Waals surface area (Å²) < 4.78 is 0. The van der Waals surface area contributed by atoms with E-state index in [1.54, 1.807) is 0 Å². The fourth-order valence-electron chi connectivity index (χ4n) is 2.05. The summed E-state index contributed by atoms with van der Waals surface area (Å²) in [6.07, 6.45) is 5.82. The largest absolute Gasteiger partial charge is 0.396 e. The van der Waals surface area contributed by atoms with Crippen LogP contribution in [0.5, 0.6) is 0 Å². The molecule has 0 heterocycles. The van der Waals surface area contributed by atoms with E-state index >= 15 is 0 Å². The monoisotopic (exact) mass is 258 g/mol. The molecule has 1 fully saturated rings. The number of hydrogen-bond acceptors (Lipinski definition) is 3. The highest BCUT2D eigenvalue weighted by atomic mass is 32.1. The van der Waals surface area contributed by atoms with Crippen molar-refractivity contribution >= 4 is 17.2 Å². The first-order valence-corrected chi connectivity index (χ1v) is 7.03. The van der Waals surface area contributed by atoms with Crippen LogP contribution in [-0.4, -0.2) is 40.7 Å². The molecule has 0 aromatic heterocycles.